The van der Waals surface area contributed by atoms with E-state index in [1.165, 1.54) is 6.92 Å². The molecule has 1 aromatic rings. The summed E-state index contributed by atoms with van der Waals surface area (Å²) in [7, 11) is 0. The van der Waals surface area contributed by atoms with Gasteiger partial charge in [0.1, 0.15) is 29.9 Å². The summed E-state index contributed by atoms with van der Waals surface area (Å²) in [5, 5.41) is 3.80. The first-order valence-corrected chi connectivity index (χ1v) is 5.25. The number of halogens is 5. The van der Waals surface area contributed by atoms with Crippen LogP contribution < -0.4 is 10.6 Å². The van der Waals surface area contributed by atoms with Crippen molar-refractivity contribution in [1.29, 1.82) is 0 Å². The summed E-state index contributed by atoms with van der Waals surface area (Å²) in [5.74, 6) is -2.88. The van der Waals surface area contributed by atoms with Crippen LogP contribution in [0.2, 0.25) is 0 Å². The predicted octanol–water partition coefficient (Wildman–Crippen LogP) is 2.44. The smallest absolute Gasteiger partial charge is 0.369 e. The average molecular weight is 282 g/mol. The van der Waals surface area contributed by atoms with Gasteiger partial charge in [0.05, 0.1) is 0 Å². The van der Waals surface area contributed by atoms with Gasteiger partial charge in [-0.15, -0.1) is 0 Å². The van der Waals surface area contributed by atoms with Crippen molar-refractivity contribution in [3.05, 3.63) is 29.8 Å². The number of anilines is 1. The molecule has 1 rings (SSSR count). The number of rotatable bonds is 4. The van der Waals surface area contributed by atoms with E-state index in [2.05, 4.69) is 5.32 Å². The summed E-state index contributed by atoms with van der Waals surface area (Å²) >= 11 is 0. The zero-order valence-corrected chi connectivity index (χ0v) is 9.81. The number of alkyl halides is 3. The molecule has 1 amide bonds. The Balaban J connectivity index is 2.64. The molecule has 0 aliphatic carbocycles. The van der Waals surface area contributed by atoms with Gasteiger partial charge in [-0.25, -0.2) is 8.78 Å². The van der Waals surface area contributed by atoms with Gasteiger partial charge in [0.15, 0.2) is 0 Å². The fourth-order valence-electron chi connectivity index (χ4n) is 1.26. The molecule has 0 radical (unpaired) electrons. The molecule has 1 unspecified atom stereocenters. The second-order valence-corrected chi connectivity index (χ2v) is 3.80. The Bertz CT molecular complexity index is 441. The molecule has 0 saturated heterocycles. The highest BCUT2D eigenvalue weighted by atomic mass is 19.4. The second kappa shape index (κ2) is 5.85. The molecule has 1 atom stereocenters. The van der Waals surface area contributed by atoms with Gasteiger partial charge >= 0.3 is 6.18 Å². The summed E-state index contributed by atoms with van der Waals surface area (Å²) in [6.45, 7) is -0.310. The molecule has 0 bridgehead atoms. The van der Waals surface area contributed by atoms with Crippen LogP contribution in [0.25, 0.3) is 0 Å². The van der Waals surface area contributed by atoms with E-state index in [0.29, 0.717) is 0 Å². The van der Waals surface area contributed by atoms with Crippen LogP contribution in [-0.4, -0.2) is 24.7 Å². The quantitative estimate of drug-likeness (QED) is 0.833. The summed E-state index contributed by atoms with van der Waals surface area (Å²) in [5.41, 5.74) is -0.558. The number of carbonyl (C=O) groups excluding carboxylic acids is 1. The first kappa shape index (κ1) is 15.2. The minimum absolute atomic E-state index is 0.558. The summed E-state index contributed by atoms with van der Waals surface area (Å²) in [6.07, 6.45) is -4.54. The van der Waals surface area contributed by atoms with Crippen LogP contribution in [0.4, 0.5) is 27.6 Å². The van der Waals surface area contributed by atoms with E-state index in [4.69, 9.17) is 0 Å². The molecular formula is C11H11F5N2O. The van der Waals surface area contributed by atoms with Gasteiger partial charge in [-0.3, -0.25) is 4.79 Å². The van der Waals surface area contributed by atoms with Crippen molar-refractivity contribution in [1.82, 2.24) is 5.32 Å². The third-order valence-electron chi connectivity index (χ3n) is 2.18. The summed E-state index contributed by atoms with van der Waals surface area (Å²) in [6, 6.07) is 1.84. The lowest BCUT2D eigenvalue weighted by Gasteiger charge is -2.16. The third kappa shape index (κ3) is 4.72. The van der Waals surface area contributed by atoms with Crippen molar-refractivity contribution in [2.24, 2.45) is 0 Å². The Hall–Kier alpha value is -1.86. The number of hydrogen-bond acceptors (Lipinski definition) is 2. The van der Waals surface area contributed by atoms with Gasteiger partial charge in [0.2, 0.25) is 5.91 Å². The Kier molecular flexibility index (Phi) is 4.68. The van der Waals surface area contributed by atoms with Gasteiger partial charge in [-0.2, -0.15) is 13.2 Å². The van der Waals surface area contributed by atoms with E-state index < -0.39 is 42.0 Å². The van der Waals surface area contributed by atoms with E-state index in [0.717, 1.165) is 18.2 Å². The van der Waals surface area contributed by atoms with Gasteiger partial charge in [0.25, 0.3) is 0 Å². The lowest BCUT2D eigenvalue weighted by atomic mass is 10.2. The zero-order chi connectivity index (χ0) is 14.6. The fourth-order valence-corrected chi connectivity index (χ4v) is 1.26. The zero-order valence-electron chi connectivity index (χ0n) is 9.81. The molecule has 1 aromatic carbocycles. The molecular weight excluding hydrogens is 271 g/mol. The normalized spacial score (nSPS) is 12.9. The Morgan fingerprint density at radius 1 is 1.26 bits per heavy atom. The monoisotopic (exact) mass is 282 g/mol. The SMILES string of the molecule is CC(Nc1c(F)cccc1F)C(=O)NCC(F)(F)F. The number of carbonyl (C=O) groups is 1. The van der Waals surface area contributed by atoms with E-state index in [1.54, 1.807) is 5.32 Å². The van der Waals surface area contributed by atoms with Crippen LogP contribution in [-0.2, 0) is 4.79 Å². The predicted molar refractivity (Wildman–Crippen MR) is 58.5 cm³/mol. The number of benzene rings is 1. The van der Waals surface area contributed by atoms with Crippen LogP contribution in [0.3, 0.4) is 0 Å². The molecule has 0 heterocycles. The molecule has 106 valence electrons. The molecule has 0 fully saturated rings. The van der Waals surface area contributed by atoms with Gasteiger partial charge < -0.3 is 10.6 Å². The van der Waals surface area contributed by atoms with Crippen LogP contribution in [0.15, 0.2) is 18.2 Å². The molecule has 0 spiro atoms. The number of para-hydroxylation sites is 1. The molecule has 0 aromatic heterocycles. The fraction of sp³-hybridized carbons (Fsp3) is 0.364. The Morgan fingerprint density at radius 3 is 2.26 bits per heavy atom. The summed E-state index contributed by atoms with van der Waals surface area (Å²) in [4.78, 5) is 11.3. The minimum atomic E-state index is -4.54. The van der Waals surface area contributed by atoms with Gasteiger partial charge in [-0.05, 0) is 19.1 Å². The molecule has 3 nitrogen and oxygen atoms in total. The first-order valence-electron chi connectivity index (χ1n) is 5.25. The van der Waals surface area contributed by atoms with E-state index in [1.807, 2.05) is 0 Å². The molecule has 19 heavy (non-hydrogen) atoms. The van der Waals surface area contributed by atoms with Crippen molar-refractivity contribution in [2.45, 2.75) is 19.1 Å². The number of amides is 1. The van der Waals surface area contributed by atoms with Crippen LogP contribution in [0.5, 0.6) is 0 Å². The second-order valence-electron chi connectivity index (χ2n) is 3.80. The van der Waals surface area contributed by atoms with E-state index in [-0.39, 0.29) is 0 Å². The van der Waals surface area contributed by atoms with E-state index >= 15 is 0 Å². The van der Waals surface area contributed by atoms with Crippen LogP contribution in [0.1, 0.15) is 6.92 Å². The van der Waals surface area contributed by atoms with Crippen molar-refractivity contribution in [3.63, 3.8) is 0 Å². The minimum Gasteiger partial charge on any atom is -0.369 e. The van der Waals surface area contributed by atoms with Crippen LogP contribution in [0, 0.1) is 11.6 Å². The maximum absolute atomic E-state index is 13.2. The highest BCUT2D eigenvalue weighted by Crippen LogP contribution is 2.19. The maximum atomic E-state index is 13.2. The Labute approximate surface area is 105 Å². The van der Waals surface area contributed by atoms with Gasteiger partial charge in [-0.1, -0.05) is 6.07 Å². The molecule has 0 saturated carbocycles. The lowest BCUT2D eigenvalue weighted by molar-refractivity contribution is -0.138. The standard InChI is InChI=1S/C11H11F5N2O/c1-6(10(19)17-5-11(14,15)16)18-9-7(12)3-2-4-8(9)13/h2-4,6,18H,5H2,1H3,(H,17,19). The van der Waals surface area contributed by atoms with Gasteiger partial charge in [0, 0.05) is 0 Å². The highest BCUT2D eigenvalue weighted by molar-refractivity contribution is 5.84. The largest absolute Gasteiger partial charge is 0.405 e. The van der Waals surface area contributed by atoms with Crippen molar-refractivity contribution >= 4 is 11.6 Å². The van der Waals surface area contributed by atoms with Crippen molar-refractivity contribution in [3.8, 4) is 0 Å². The molecule has 8 heteroatoms. The number of nitrogens with one attached hydrogen (secondary N) is 2. The highest BCUT2D eigenvalue weighted by Gasteiger charge is 2.29. The van der Waals surface area contributed by atoms with Crippen LogP contribution >= 0.6 is 0 Å². The lowest BCUT2D eigenvalue weighted by Crippen LogP contribution is -2.42. The summed E-state index contributed by atoms with van der Waals surface area (Å²) < 4.78 is 62.1. The first-order chi connectivity index (χ1) is 8.70. The topological polar surface area (TPSA) is 41.1 Å². The third-order valence-corrected chi connectivity index (χ3v) is 2.18. The maximum Gasteiger partial charge on any atom is 0.405 e. The van der Waals surface area contributed by atoms with E-state index in [9.17, 15) is 26.7 Å². The Morgan fingerprint density at radius 2 is 1.79 bits per heavy atom. The van der Waals surface area contributed by atoms with Crippen molar-refractivity contribution in [2.75, 3.05) is 11.9 Å². The van der Waals surface area contributed by atoms with Crippen molar-refractivity contribution < 1.29 is 26.7 Å². The molecule has 2 N–H and O–H groups in total. The molecule has 0 aliphatic rings. The molecule has 0 aliphatic heterocycles. The number of hydrogen-bond donors (Lipinski definition) is 2. The average Bonchev–Trinajstić information content (AvgIpc) is 2.29.